The number of carbonyl (C=O) groups excluding carboxylic acids is 1. The number of carbonyl (C=O) groups is 1. The van der Waals surface area contributed by atoms with Crippen LogP contribution < -0.4 is 21.1 Å². The minimum atomic E-state index is -0.425. The van der Waals surface area contributed by atoms with Crippen LogP contribution in [0.2, 0.25) is 5.02 Å². The minimum Gasteiger partial charge on any atom is -0.350 e. The number of pyridine rings is 2. The number of fused-ring (bicyclic) bond motifs is 2. The number of hydrogen-bond donors (Lipinski definition) is 3. The molecule has 1 amide bonds. The number of benzene rings is 2. The summed E-state index contributed by atoms with van der Waals surface area (Å²) in [5.41, 5.74) is 9.94. The van der Waals surface area contributed by atoms with Crippen LogP contribution in [0, 0.1) is 11.6 Å². The predicted octanol–water partition coefficient (Wildman–Crippen LogP) is 5.36. The Balaban J connectivity index is 1.29. The maximum atomic E-state index is 14.7. The van der Waals surface area contributed by atoms with Crippen molar-refractivity contribution in [3.63, 3.8) is 0 Å². The first kappa shape index (κ1) is 26.5. The van der Waals surface area contributed by atoms with Gasteiger partial charge < -0.3 is 10.2 Å². The molecule has 3 N–H and O–H groups in total. The van der Waals surface area contributed by atoms with Gasteiger partial charge in [0.2, 0.25) is 0 Å². The number of nitrogens with zero attached hydrogens (tertiary/aromatic N) is 3. The highest BCUT2D eigenvalue weighted by Crippen LogP contribution is 2.33. The molecule has 0 saturated heterocycles. The van der Waals surface area contributed by atoms with Gasteiger partial charge in [-0.3, -0.25) is 20.6 Å². The van der Waals surface area contributed by atoms with E-state index in [2.05, 4.69) is 26.1 Å². The van der Waals surface area contributed by atoms with Gasteiger partial charge in [0.1, 0.15) is 11.6 Å². The number of rotatable bonds is 5. The molecule has 11 heteroatoms. The van der Waals surface area contributed by atoms with Gasteiger partial charge in [-0.25, -0.2) is 13.8 Å². The molecule has 1 aliphatic rings. The molecule has 0 spiro atoms. The van der Waals surface area contributed by atoms with Crippen molar-refractivity contribution in [1.82, 2.24) is 20.7 Å². The van der Waals surface area contributed by atoms with E-state index >= 15 is 0 Å². The van der Waals surface area contributed by atoms with Gasteiger partial charge in [0.15, 0.2) is 10.9 Å². The molecule has 1 aliphatic carbocycles. The van der Waals surface area contributed by atoms with Crippen LogP contribution in [0.5, 0.6) is 0 Å². The van der Waals surface area contributed by atoms with E-state index in [1.165, 1.54) is 41.4 Å². The number of thiocarbonyl (C=S) groups is 1. The Morgan fingerprint density at radius 2 is 1.87 bits per heavy atom. The molecule has 0 fully saturated rings. The van der Waals surface area contributed by atoms with Gasteiger partial charge in [-0.15, -0.1) is 0 Å². The summed E-state index contributed by atoms with van der Waals surface area (Å²) in [6.45, 7) is 0. The molecule has 1 atom stereocenters. The second-order valence-corrected chi connectivity index (χ2v) is 9.75. The third-order valence-corrected chi connectivity index (χ3v) is 7.06. The second-order valence-electron chi connectivity index (χ2n) is 8.93. The average molecular weight is 565 g/mol. The number of nitrogens with one attached hydrogen (secondary N) is 3. The Morgan fingerprint density at radius 3 is 2.64 bits per heavy atom. The third-order valence-electron chi connectivity index (χ3n) is 6.55. The van der Waals surface area contributed by atoms with E-state index in [1.54, 1.807) is 31.6 Å². The van der Waals surface area contributed by atoms with E-state index in [0.717, 1.165) is 16.7 Å². The monoisotopic (exact) mass is 564 g/mol. The first-order valence-electron chi connectivity index (χ1n) is 12.0. The van der Waals surface area contributed by atoms with Gasteiger partial charge >= 0.3 is 0 Å². The number of hydrazine groups is 1. The zero-order valence-electron chi connectivity index (χ0n) is 20.7. The molecule has 0 radical (unpaired) electrons. The van der Waals surface area contributed by atoms with E-state index < -0.39 is 11.9 Å². The van der Waals surface area contributed by atoms with Crippen LogP contribution in [-0.2, 0) is 12.8 Å². The van der Waals surface area contributed by atoms with Crippen LogP contribution in [-0.4, -0.2) is 28.0 Å². The number of anilines is 2. The topological polar surface area (TPSA) is 82.2 Å². The molecule has 0 saturated carbocycles. The average Bonchev–Trinajstić information content (AvgIpc) is 3.10. The summed E-state index contributed by atoms with van der Waals surface area (Å²) in [6.07, 6.45) is 6.22. The smallest absolute Gasteiger partial charge is 0.258 e. The standard InChI is InChI=1S/C28H23ClF2N6OS/c1-37(27(38)17-5-8-18(30)9-6-17)19-13-23(29)26(33-14-19)35-36-28(39)34-25-21-3-2-4-24(31)20(21)10-7-16-11-12-32-15-22(16)25/h2-6,8-9,11-15,25H,7,10H2,1H3,(H,33,35)(H2,34,36,39). The predicted molar refractivity (Wildman–Crippen MR) is 151 cm³/mol. The number of aryl methyl sites for hydroxylation is 1. The Hall–Kier alpha value is -4.15. The number of amides is 1. The lowest BCUT2D eigenvalue weighted by molar-refractivity contribution is 0.0993. The van der Waals surface area contributed by atoms with Gasteiger partial charge in [0.05, 0.1) is 22.9 Å². The fourth-order valence-corrected chi connectivity index (χ4v) is 4.88. The molecular formula is C28H23ClF2N6OS. The molecule has 0 bridgehead atoms. The zero-order valence-corrected chi connectivity index (χ0v) is 22.3. The second kappa shape index (κ2) is 11.3. The van der Waals surface area contributed by atoms with Crippen molar-refractivity contribution in [2.45, 2.75) is 18.9 Å². The molecule has 198 valence electrons. The van der Waals surface area contributed by atoms with Gasteiger partial charge in [-0.1, -0.05) is 23.7 Å². The highest BCUT2D eigenvalue weighted by Gasteiger charge is 2.26. The quantitative estimate of drug-likeness (QED) is 0.222. The molecule has 7 nitrogen and oxygen atoms in total. The van der Waals surface area contributed by atoms with Gasteiger partial charge in [-0.05, 0) is 84.2 Å². The van der Waals surface area contributed by atoms with E-state index in [0.29, 0.717) is 29.7 Å². The lowest BCUT2D eigenvalue weighted by Crippen LogP contribution is -2.41. The fraction of sp³-hybridized carbons (Fsp3) is 0.143. The Labute approximate surface area is 234 Å². The molecule has 2 aromatic heterocycles. The summed E-state index contributed by atoms with van der Waals surface area (Å²) < 4.78 is 27.9. The summed E-state index contributed by atoms with van der Waals surface area (Å²) in [5, 5.41) is 3.72. The summed E-state index contributed by atoms with van der Waals surface area (Å²) in [6, 6.07) is 13.4. The van der Waals surface area contributed by atoms with Crippen molar-refractivity contribution in [2.75, 3.05) is 17.4 Å². The minimum absolute atomic E-state index is 0.234. The number of halogens is 3. The summed E-state index contributed by atoms with van der Waals surface area (Å²) in [7, 11) is 1.57. The maximum Gasteiger partial charge on any atom is 0.258 e. The van der Waals surface area contributed by atoms with Crippen molar-refractivity contribution < 1.29 is 13.6 Å². The highest BCUT2D eigenvalue weighted by molar-refractivity contribution is 7.80. The van der Waals surface area contributed by atoms with Crippen molar-refractivity contribution in [1.29, 1.82) is 0 Å². The number of hydrogen-bond acceptors (Lipinski definition) is 5. The summed E-state index contributed by atoms with van der Waals surface area (Å²) >= 11 is 12.0. The Kier molecular flexibility index (Phi) is 7.67. The Morgan fingerprint density at radius 1 is 1.08 bits per heavy atom. The number of aromatic nitrogens is 2. The van der Waals surface area contributed by atoms with E-state index in [-0.39, 0.29) is 27.7 Å². The molecule has 2 heterocycles. The van der Waals surface area contributed by atoms with Crippen molar-refractivity contribution >= 4 is 46.3 Å². The van der Waals surface area contributed by atoms with E-state index in [9.17, 15) is 13.6 Å². The van der Waals surface area contributed by atoms with Gasteiger partial charge in [0.25, 0.3) is 5.91 Å². The molecular weight excluding hydrogens is 542 g/mol. The zero-order chi connectivity index (χ0) is 27.5. The maximum absolute atomic E-state index is 14.7. The lowest BCUT2D eigenvalue weighted by atomic mass is 9.96. The molecule has 0 aliphatic heterocycles. The van der Waals surface area contributed by atoms with Crippen molar-refractivity contribution in [2.24, 2.45) is 0 Å². The molecule has 5 rings (SSSR count). The third kappa shape index (κ3) is 5.67. The largest absolute Gasteiger partial charge is 0.350 e. The van der Waals surface area contributed by atoms with Crippen LogP contribution in [0.25, 0.3) is 0 Å². The van der Waals surface area contributed by atoms with Crippen LogP contribution in [0.15, 0.2) is 73.2 Å². The van der Waals surface area contributed by atoms with Gasteiger partial charge in [-0.2, -0.15) is 0 Å². The van der Waals surface area contributed by atoms with Crippen LogP contribution in [0.4, 0.5) is 20.3 Å². The highest BCUT2D eigenvalue weighted by atomic mass is 35.5. The molecule has 4 aromatic rings. The summed E-state index contributed by atoms with van der Waals surface area (Å²) in [4.78, 5) is 22.7. The molecule has 39 heavy (non-hydrogen) atoms. The van der Waals surface area contributed by atoms with Gasteiger partial charge in [0, 0.05) is 30.6 Å². The van der Waals surface area contributed by atoms with E-state index in [4.69, 9.17) is 23.8 Å². The molecule has 2 aromatic carbocycles. The van der Waals surface area contributed by atoms with Crippen molar-refractivity contribution in [3.05, 3.63) is 118 Å². The first-order valence-corrected chi connectivity index (χ1v) is 12.8. The Bertz CT molecular complexity index is 1550. The summed E-state index contributed by atoms with van der Waals surface area (Å²) in [5.74, 6) is -0.741. The van der Waals surface area contributed by atoms with Crippen LogP contribution in [0.3, 0.4) is 0 Å². The first-order chi connectivity index (χ1) is 18.8. The van der Waals surface area contributed by atoms with E-state index in [1.807, 2.05) is 12.1 Å². The van der Waals surface area contributed by atoms with Crippen molar-refractivity contribution in [3.8, 4) is 0 Å². The molecule has 1 unspecified atom stereocenters. The van der Waals surface area contributed by atoms with Crippen LogP contribution >= 0.6 is 23.8 Å². The normalized spacial score (nSPS) is 13.9. The lowest BCUT2D eigenvalue weighted by Gasteiger charge is -2.24. The fourth-order valence-electron chi connectivity index (χ4n) is 4.51. The SMILES string of the molecule is CN(C(=O)c1ccc(F)cc1)c1cnc(NNC(=S)NC2c3cnccc3CCc3c(F)cccc32)c(Cl)c1. The van der Waals surface area contributed by atoms with Crippen LogP contribution in [0.1, 0.15) is 38.7 Å².